The fraction of sp³-hybridized carbons (Fsp3) is 0.214. The minimum Gasteiger partial charge on any atom is -0.465 e. The van der Waals surface area contributed by atoms with Gasteiger partial charge in [0.1, 0.15) is 11.4 Å². The summed E-state index contributed by atoms with van der Waals surface area (Å²) in [6.45, 7) is 4.47. The number of pyridine rings is 1. The molecule has 0 spiro atoms. The van der Waals surface area contributed by atoms with Gasteiger partial charge in [0.15, 0.2) is 11.6 Å². The highest BCUT2D eigenvalue weighted by atomic mass is 35.5. The summed E-state index contributed by atoms with van der Waals surface area (Å²) in [7, 11) is 2.95. The van der Waals surface area contributed by atoms with Gasteiger partial charge in [0, 0.05) is 53.8 Å². The maximum absolute atomic E-state index is 15.3. The highest BCUT2D eigenvalue weighted by Crippen LogP contribution is 2.36. The molecule has 18 heteroatoms. The van der Waals surface area contributed by atoms with Crippen LogP contribution in [-0.2, 0) is 29.5 Å². The second-order valence-electron chi connectivity index (χ2n) is 14.7. The Morgan fingerprint density at radius 1 is 0.950 bits per heavy atom. The number of nitrogens with zero attached hydrogens (tertiary/aromatic N) is 6. The molecule has 14 nitrogen and oxygen atoms in total. The predicted octanol–water partition coefficient (Wildman–Crippen LogP) is 7.21. The molecular weight excluding hydrogens is 805 g/mol. The van der Waals surface area contributed by atoms with Crippen molar-refractivity contribution in [2.24, 2.45) is 7.05 Å². The lowest BCUT2D eigenvalue weighted by atomic mass is 9.97. The number of rotatable bonds is 10. The summed E-state index contributed by atoms with van der Waals surface area (Å²) in [5, 5.41) is 11.7. The molecule has 0 bridgehead atoms. The number of aromatic nitrogens is 6. The summed E-state index contributed by atoms with van der Waals surface area (Å²) in [6.07, 6.45) is 3.97. The van der Waals surface area contributed by atoms with Crippen LogP contribution in [0.5, 0.6) is 0 Å². The van der Waals surface area contributed by atoms with Gasteiger partial charge >= 0.3 is 23.4 Å². The van der Waals surface area contributed by atoms with Crippen LogP contribution < -0.4 is 22.0 Å². The number of amides is 1. The molecule has 1 amide bonds. The Labute approximate surface area is 344 Å². The quantitative estimate of drug-likeness (QED) is 0.106. The third kappa shape index (κ3) is 8.29. The number of ether oxygens (including phenoxy) is 2. The van der Waals surface area contributed by atoms with Crippen LogP contribution in [0.1, 0.15) is 42.3 Å². The lowest BCUT2D eigenvalue weighted by Crippen LogP contribution is -2.42. The Kier molecular flexibility index (Phi) is 11.2. The number of carbonyl (C=O) groups is 2. The Balaban J connectivity index is 1.42. The molecule has 0 saturated heterocycles. The molecule has 7 rings (SSSR count). The number of nitrogens with one attached hydrogen (secondary N) is 2. The predicted molar refractivity (Wildman–Crippen MR) is 219 cm³/mol. The highest BCUT2D eigenvalue weighted by molar-refractivity contribution is 6.34. The molecule has 3 heterocycles. The Morgan fingerprint density at radius 2 is 1.70 bits per heavy atom. The summed E-state index contributed by atoms with van der Waals surface area (Å²) in [5.74, 6) is -5.02. The maximum Gasteiger partial charge on any atom is 0.407 e. The number of fused-ring (bicyclic) bond motifs is 2. The second kappa shape index (κ2) is 16.3. The van der Waals surface area contributed by atoms with Crippen LogP contribution >= 0.6 is 11.6 Å². The Hall–Kier alpha value is -7.01. The number of alkyl carbamates (subject to hydrolysis) is 1. The number of anilines is 2. The number of esters is 1. The fourth-order valence-electron chi connectivity index (χ4n) is 6.78. The molecule has 0 radical (unpaired) electrons. The van der Waals surface area contributed by atoms with Gasteiger partial charge in [-0.2, -0.15) is 10.1 Å². The standard InChI is InChI=1S/C42H36ClF3N8O6/c1-42(2,3)60-40(57)48-13-12-27-28-21-52(4)51-33(28)16-29(43)36(27)49-38-50-39(56)54(41(58)53(38)20-25-15-31(45)32(46)17-30(25)44)34-19-47-18-24-10-7-11-26(35(24)34)22-8-6-9-23(14-22)37(55)59-5/h6-11,14-19,21H,12-13,20H2,1-5H3,(H,48,57)(H,49,50,56). The first-order valence-electron chi connectivity index (χ1n) is 18.3. The molecule has 0 aliphatic rings. The number of hydrogen-bond donors (Lipinski definition) is 2. The van der Waals surface area contributed by atoms with Gasteiger partial charge in [0.2, 0.25) is 5.95 Å². The van der Waals surface area contributed by atoms with E-state index in [4.69, 9.17) is 21.1 Å². The average Bonchev–Trinajstić information content (AvgIpc) is 3.57. The molecule has 0 aliphatic heterocycles. The van der Waals surface area contributed by atoms with Gasteiger partial charge in [0.25, 0.3) is 0 Å². The van der Waals surface area contributed by atoms with Crippen LogP contribution in [-0.4, -0.2) is 60.2 Å². The van der Waals surface area contributed by atoms with Crippen LogP contribution in [0.25, 0.3) is 38.5 Å². The van der Waals surface area contributed by atoms with Crippen LogP contribution in [0, 0.1) is 17.5 Å². The first-order valence-corrected chi connectivity index (χ1v) is 18.7. The van der Waals surface area contributed by atoms with Crippen molar-refractivity contribution in [1.29, 1.82) is 0 Å². The minimum atomic E-state index is -1.45. The van der Waals surface area contributed by atoms with E-state index in [0.29, 0.717) is 50.5 Å². The summed E-state index contributed by atoms with van der Waals surface area (Å²) < 4.78 is 57.5. The third-order valence-corrected chi connectivity index (χ3v) is 9.65. The summed E-state index contributed by atoms with van der Waals surface area (Å²) >= 11 is 6.85. The largest absolute Gasteiger partial charge is 0.465 e. The van der Waals surface area contributed by atoms with Gasteiger partial charge < -0.3 is 20.1 Å². The molecule has 0 saturated carbocycles. The van der Waals surface area contributed by atoms with Gasteiger partial charge in [-0.15, -0.1) is 0 Å². The summed E-state index contributed by atoms with van der Waals surface area (Å²) in [6, 6.07) is 14.2. The molecule has 0 fully saturated rings. The number of methoxy groups -OCH3 is 1. The summed E-state index contributed by atoms with van der Waals surface area (Å²) in [4.78, 5) is 62.6. The van der Waals surface area contributed by atoms with Crippen LogP contribution in [0.4, 0.5) is 29.6 Å². The zero-order valence-electron chi connectivity index (χ0n) is 32.8. The molecule has 4 aromatic carbocycles. The van der Waals surface area contributed by atoms with E-state index in [2.05, 4.69) is 25.7 Å². The third-order valence-electron chi connectivity index (χ3n) is 9.35. The van der Waals surface area contributed by atoms with Crippen molar-refractivity contribution in [1.82, 2.24) is 34.2 Å². The van der Waals surface area contributed by atoms with E-state index in [1.54, 1.807) is 87.2 Å². The molecule has 7 aromatic rings. The second-order valence-corrected chi connectivity index (χ2v) is 15.1. The van der Waals surface area contributed by atoms with E-state index in [9.17, 15) is 28.0 Å². The Morgan fingerprint density at radius 3 is 2.45 bits per heavy atom. The SMILES string of the molecule is COC(=O)c1cccc(-c2cccc3cncc(-n4c(=O)nc(Nc5c(Cl)cc6nn(C)cc6c5CCNC(=O)OC(C)(C)C)n(Cc5cc(F)c(F)cc5F)c4=O)c23)c1. The van der Waals surface area contributed by atoms with E-state index < -0.39 is 64.6 Å². The maximum atomic E-state index is 15.3. The topological polar surface area (TPSA) is 164 Å². The molecule has 308 valence electrons. The van der Waals surface area contributed by atoms with Crippen LogP contribution in [0.15, 0.2) is 88.8 Å². The monoisotopic (exact) mass is 840 g/mol. The van der Waals surface area contributed by atoms with Crippen LogP contribution in [0.3, 0.4) is 0 Å². The van der Waals surface area contributed by atoms with Gasteiger partial charge in [-0.05, 0) is 68.1 Å². The van der Waals surface area contributed by atoms with Crippen molar-refractivity contribution >= 4 is 57.0 Å². The van der Waals surface area contributed by atoms with E-state index in [1.165, 1.54) is 19.5 Å². The highest BCUT2D eigenvalue weighted by Gasteiger charge is 2.24. The lowest BCUT2D eigenvalue weighted by Gasteiger charge is -2.21. The van der Waals surface area contributed by atoms with Crippen LogP contribution in [0.2, 0.25) is 5.02 Å². The number of benzene rings is 4. The zero-order chi connectivity index (χ0) is 43.0. The molecule has 60 heavy (non-hydrogen) atoms. The number of hydrogen-bond acceptors (Lipinski definition) is 10. The first kappa shape index (κ1) is 41.2. The summed E-state index contributed by atoms with van der Waals surface area (Å²) in [5.41, 5.74) is -0.972. The molecule has 0 unspecified atom stereocenters. The van der Waals surface area contributed by atoms with Gasteiger partial charge in [-0.3, -0.25) is 14.2 Å². The lowest BCUT2D eigenvalue weighted by molar-refractivity contribution is 0.0527. The van der Waals surface area contributed by atoms with Crippen molar-refractivity contribution < 1.29 is 32.2 Å². The van der Waals surface area contributed by atoms with E-state index >= 15 is 4.39 Å². The zero-order valence-corrected chi connectivity index (χ0v) is 33.5. The first-order chi connectivity index (χ1) is 28.5. The Bertz CT molecular complexity index is 2970. The van der Waals surface area contributed by atoms with Crippen molar-refractivity contribution in [3.63, 3.8) is 0 Å². The molecule has 0 aliphatic carbocycles. The number of carbonyl (C=O) groups excluding carboxylic acids is 2. The van der Waals surface area contributed by atoms with Crippen molar-refractivity contribution in [2.45, 2.75) is 39.3 Å². The van der Waals surface area contributed by atoms with Crippen molar-refractivity contribution in [3.05, 3.63) is 139 Å². The van der Waals surface area contributed by atoms with E-state index in [1.807, 2.05) is 0 Å². The average molecular weight is 841 g/mol. The smallest absolute Gasteiger partial charge is 0.407 e. The number of aryl methyl sites for hydroxylation is 1. The van der Waals surface area contributed by atoms with E-state index in [-0.39, 0.29) is 34.9 Å². The fourth-order valence-corrected chi connectivity index (χ4v) is 7.04. The van der Waals surface area contributed by atoms with E-state index in [0.717, 1.165) is 9.13 Å². The van der Waals surface area contributed by atoms with Crippen molar-refractivity contribution in [2.75, 3.05) is 19.0 Å². The molecule has 2 N–H and O–H groups in total. The van der Waals surface area contributed by atoms with Gasteiger partial charge in [0.05, 0.1) is 47.3 Å². The van der Waals surface area contributed by atoms with Crippen molar-refractivity contribution in [3.8, 4) is 16.8 Å². The minimum absolute atomic E-state index is 0.0242. The molecular formula is C42H36ClF3N8O6. The molecule has 0 atom stereocenters. The molecule has 3 aromatic heterocycles. The number of halogens is 4. The normalized spacial score (nSPS) is 11.6. The van der Waals surface area contributed by atoms with Gasteiger partial charge in [-0.25, -0.2) is 36.9 Å². The van der Waals surface area contributed by atoms with Gasteiger partial charge in [-0.1, -0.05) is 41.9 Å².